The molecule has 4 aromatic rings. The maximum Gasteiger partial charge on any atom is 1.00 e. The number of methoxy groups -OCH3 is 2. The average molecular weight is 646 g/mol. The Balaban J connectivity index is 0.00000625. The van der Waals surface area contributed by atoms with Crippen molar-refractivity contribution in [3.8, 4) is 11.5 Å². The van der Waals surface area contributed by atoms with Crippen molar-refractivity contribution in [2.75, 3.05) is 19.5 Å². The summed E-state index contributed by atoms with van der Waals surface area (Å²) < 4.78 is 17.9. The summed E-state index contributed by atoms with van der Waals surface area (Å²) in [5.74, 6) is 0.357. The second-order valence-corrected chi connectivity index (χ2v) is 11.5. The number of carboxylic acid groups (broad SMARTS) is 1. The fourth-order valence-electron chi connectivity index (χ4n) is 5.76. The number of unbranched alkanes of at least 4 members (excludes halogenated alkanes) is 5. The molecule has 0 saturated heterocycles. The van der Waals surface area contributed by atoms with Gasteiger partial charge in [-0.2, -0.15) is 0 Å². The number of hydrogen-bond acceptors (Lipinski definition) is 7. The standard InChI is InChI=1S/C39H45NO7.Li/c1-45-35-20-16-32(17-21-35)39(31-12-8-7-9-13-31,33-18-22-36(46-2)23-19-33)47-28-30-24-29(27-41)25-34(26-30)40-37(42)14-10-5-3-4-6-11-15-38(43)44;/h7-9,12-13,16-26,41H,3-6,10-11,14-15,27-28H2,1-2H3,(H,40,42)(H,43,44);/q;+1/p-1. The fraction of sp³-hybridized carbons (Fsp3) is 0.333. The molecule has 248 valence electrons. The summed E-state index contributed by atoms with van der Waals surface area (Å²) >= 11 is 0. The average Bonchev–Trinajstić information content (AvgIpc) is 3.10. The number of nitrogens with one attached hydrogen (secondary N) is 1. The number of carboxylic acids is 1. The van der Waals surface area contributed by atoms with Crippen LogP contribution in [0.15, 0.2) is 97.1 Å². The minimum absolute atomic E-state index is 0. The van der Waals surface area contributed by atoms with Crippen LogP contribution in [0.2, 0.25) is 0 Å². The van der Waals surface area contributed by atoms with Gasteiger partial charge in [-0.1, -0.05) is 86.3 Å². The first-order chi connectivity index (χ1) is 22.9. The van der Waals surface area contributed by atoms with E-state index in [9.17, 15) is 19.8 Å². The van der Waals surface area contributed by atoms with Crippen LogP contribution in [-0.2, 0) is 33.1 Å². The Bertz CT molecular complexity index is 1510. The van der Waals surface area contributed by atoms with Crippen molar-refractivity contribution < 1.29 is 52.9 Å². The topological polar surface area (TPSA) is 117 Å². The molecular formula is C39H44LiNO7. The Labute approximate surface area is 295 Å². The molecule has 0 aliphatic carbocycles. The van der Waals surface area contributed by atoms with Crippen molar-refractivity contribution >= 4 is 17.6 Å². The second kappa shape index (κ2) is 19.7. The van der Waals surface area contributed by atoms with Crippen LogP contribution in [0.1, 0.15) is 79.2 Å². The molecule has 0 aliphatic rings. The van der Waals surface area contributed by atoms with E-state index in [4.69, 9.17) is 14.2 Å². The zero-order chi connectivity index (χ0) is 33.5. The summed E-state index contributed by atoms with van der Waals surface area (Å²) in [6, 6.07) is 31.2. The van der Waals surface area contributed by atoms with E-state index in [0.717, 1.165) is 65.9 Å². The number of rotatable bonds is 19. The smallest absolute Gasteiger partial charge is 0.550 e. The van der Waals surface area contributed by atoms with Gasteiger partial charge in [0.25, 0.3) is 0 Å². The van der Waals surface area contributed by atoms with Crippen LogP contribution in [0.25, 0.3) is 0 Å². The van der Waals surface area contributed by atoms with Crippen molar-refractivity contribution in [1.29, 1.82) is 0 Å². The summed E-state index contributed by atoms with van der Waals surface area (Å²) in [4.78, 5) is 23.3. The van der Waals surface area contributed by atoms with E-state index in [0.29, 0.717) is 24.1 Å². The largest absolute Gasteiger partial charge is 1.00 e. The van der Waals surface area contributed by atoms with Crippen molar-refractivity contribution in [3.05, 3.63) is 125 Å². The van der Waals surface area contributed by atoms with Gasteiger partial charge in [-0.25, -0.2) is 0 Å². The fourth-order valence-corrected chi connectivity index (χ4v) is 5.76. The van der Waals surface area contributed by atoms with Crippen molar-refractivity contribution in [2.45, 2.75) is 70.2 Å². The van der Waals surface area contributed by atoms with E-state index in [2.05, 4.69) is 5.32 Å². The predicted molar refractivity (Wildman–Crippen MR) is 180 cm³/mol. The van der Waals surface area contributed by atoms with Gasteiger partial charge >= 0.3 is 18.9 Å². The number of ether oxygens (including phenoxy) is 3. The monoisotopic (exact) mass is 645 g/mol. The van der Waals surface area contributed by atoms with Gasteiger partial charge in [-0.15, -0.1) is 0 Å². The molecule has 8 nitrogen and oxygen atoms in total. The molecule has 0 fully saturated rings. The van der Waals surface area contributed by atoms with Gasteiger partial charge in [0.05, 0.1) is 27.4 Å². The Morgan fingerprint density at radius 1 is 0.688 bits per heavy atom. The summed E-state index contributed by atoms with van der Waals surface area (Å²) in [7, 11) is 3.27. The third-order valence-electron chi connectivity index (χ3n) is 8.18. The van der Waals surface area contributed by atoms with Gasteiger partial charge in [0.2, 0.25) is 5.91 Å². The summed E-state index contributed by atoms with van der Waals surface area (Å²) in [6.07, 6.45) is 5.48. The number of amides is 1. The van der Waals surface area contributed by atoms with Gasteiger partial charge in [0.15, 0.2) is 0 Å². The molecule has 0 aliphatic heterocycles. The molecule has 0 aromatic heterocycles. The van der Waals surface area contributed by atoms with Gasteiger partial charge in [-0.3, -0.25) is 4.79 Å². The zero-order valence-corrected chi connectivity index (χ0v) is 28.2. The van der Waals surface area contributed by atoms with Gasteiger partial charge in [-0.05, 0) is 83.5 Å². The quantitative estimate of drug-likeness (QED) is 0.0911. The molecule has 0 saturated carbocycles. The van der Waals surface area contributed by atoms with Crippen LogP contribution < -0.4 is 38.8 Å². The minimum Gasteiger partial charge on any atom is -0.550 e. The number of hydrogen-bond donors (Lipinski definition) is 2. The van der Waals surface area contributed by atoms with Crippen LogP contribution in [-0.4, -0.2) is 31.2 Å². The number of aliphatic hydroxyl groups excluding tert-OH is 1. The molecule has 4 aromatic carbocycles. The molecule has 48 heavy (non-hydrogen) atoms. The summed E-state index contributed by atoms with van der Waals surface area (Å²) in [5.41, 5.74) is 3.79. The predicted octanol–water partition coefficient (Wildman–Crippen LogP) is 3.52. The molecule has 9 heteroatoms. The molecule has 0 radical (unpaired) electrons. The number of aliphatic carboxylic acids is 1. The molecule has 0 atom stereocenters. The van der Waals surface area contributed by atoms with Crippen LogP contribution in [0, 0.1) is 0 Å². The Morgan fingerprint density at radius 2 is 1.19 bits per heavy atom. The molecule has 1 amide bonds. The van der Waals surface area contributed by atoms with E-state index in [1.807, 2.05) is 91.0 Å². The van der Waals surface area contributed by atoms with Crippen LogP contribution >= 0.6 is 0 Å². The first-order valence-corrected chi connectivity index (χ1v) is 16.1. The number of aliphatic hydroxyl groups is 1. The number of carbonyl (C=O) groups excluding carboxylic acids is 2. The molecular weight excluding hydrogens is 601 g/mol. The number of benzene rings is 4. The Morgan fingerprint density at radius 3 is 1.71 bits per heavy atom. The number of anilines is 1. The second-order valence-electron chi connectivity index (χ2n) is 11.5. The minimum atomic E-state index is -1.01. The zero-order valence-electron chi connectivity index (χ0n) is 28.2. The third kappa shape index (κ3) is 10.7. The van der Waals surface area contributed by atoms with E-state index < -0.39 is 11.6 Å². The Hall–Kier alpha value is -4.06. The molecule has 0 spiro atoms. The van der Waals surface area contributed by atoms with E-state index in [1.165, 1.54) is 0 Å². The maximum atomic E-state index is 12.8. The van der Waals surface area contributed by atoms with Crippen LogP contribution in [0.3, 0.4) is 0 Å². The van der Waals surface area contributed by atoms with Crippen LogP contribution in [0.4, 0.5) is 5.69 Å². The number of carbonyl (C=O) groups is 2. The summed E-state index contributed by atoms with van der Waals surface area (Å²) in [5, 5.41) is 23.6. The normalized spacial score (nSPS) is 11.0. The molecule has 4 rings (SSSR count). The van der Waals surface area contributed by atoms with Crippen molar-refractivity contribution in [3.63, 3.8) is 0 Å². The van der Waals surface area contributed by atoms with E-state index in [-0.39, 0.29) is 44.4 Å². The van der Waals surface area contributed by atoms with Gasteiger partial charge < -0.3 is 34.5 Å². The first-order valence-electron chi connectivity index (χ1n) is 16.1. The molecule has 2 N–H and O–H groups in total. The SMILES string of the molecule is COc1ccc(C(OCc2cc(CO)cc(NC(=O)CCCCCCCCC(=O)[O-])c2)(c2ccccc2)c2ccc(OC)cc2)cc1.[Li+]. The maximum absolute atomic E-state index is 12.8. The van der Waals surface area contributed by atoms with Gasteiger partial charge in [0.1, 0.15) is 17.1 Å². The van der Waals surface area contributed by atoms with E-state index >= 15 is 0 Å². The van der Waals surface area contributed by atoms with Crippen molar-refractivity contribution in [1.82, 2.24) is 0 Å². The van der Waals surface area contributed by atoms with Crippen LogP contribution in [0.5, 0.6) is 11.5 Å². The Kier molecular flexibility index (Phi) is 15.7. The summed E-state index contributed by atoms with van der Waals surface area (Å²) in [6.45, 7) is -0.00293. The first kappa shape index (κ1) is 38.4. The van der Waals surface area contributed by atoms with Crippen molar-refractivity contribution in [2.24, 2.45) is 0 Å². The molecule has 0 heterocycles. The molecule has 0 unspecified atom stereocenters. The molecule has 0 bridgehead atoms. The van der Waals surface area contributed by atoms with E-state index in [1.54, 1.807) is 20.3 Å². The third-order valence-corrected chi connectivity index (χ3v) is 8.18. The van der Waals surface area contributed by atoms with Gasteiger partial charge in [0, 0.05) is 18.1 Å².